The molecule has 0 aliphatic carbocycles. The number of rotatable bonds is 13. The first-order valence-electron chi connectivity index (χ1n) is 41.1. The Morgan fingerprint density at radius 2 is 0.603 bits per heavy atom. The van der Waals surface area contributed by atoms with Gasteiger partial charge < -0.3 is 78.3 Å². The summed E-state index contributed by atoms with van der Waals surface area (Å²) in [7, 11) is -7.91. The van der Waals surface area contributed by atoms with E-state index in [0.717, 1.165) is 19.8 Å². The molecule has 0 saturated carbocycles. The van der Waals surface area contributed by atoms with Gasteiger partial charge in [0.05, 0.1) is 36.6 Å². The highest BCUT2D eigenvalue weighted by Crippen LogP contribution is 2.40. The highest BCUT2D eigenvalue weighted by atomic mass is 32.2. The van der Waals surface area contributed by atoms with Crippen molar-refractivity contribution in [2.24, 2.45) is 5.73 Å². The molecule has 766 valence electrons. The number of sulfonamides is 5. The minimum Gasteiger partial charge on any atom is -0.505 e. The number of aliphatic carboxylic acids is 1. The molecule has 5 aliphatic rings. The summed E-state index contributed by atoms with van der Waals surface area (Å²) < 4.78 is 134. The van der Waals surface area contributed by atoms with Gasteiger partial charge in [0.25, 0.3) is 97.4 Å². The number of hydrogen-bond donors (Lipinski definition) is 14. The first-order chi connectivity index (χ1) is 64.9. The lowest BCUT2D eigenvalue weighted by Crippen LogP contribution is -2.37. The van der Waals surface area contributed by atoms with Gasteiger partial charge in [-0.05, 0) is 123 Å². The number of benzene rings is 5. The number of carbonyl (C=O) groups excluding carboxylic acids is 8. The van der Waals surface area contributed by atoms with Crippen LogP contribution in [0.15, 0.2) is 254 Å². The number of anilines is 4. The van der Waals surface area contributed by atoms with Crippen LogP contribution in [0.5, 0.6) is 0 Å². The molecule has 0 bridgehead atoms. The summed E-state index contributed by atoms with van der Waals surface area (Å²) >= 11 is 0. The molecule has 48 heteroatoms. The van der Waals surface area contributed by atoms with Gasteiger partial charge in [0.1, 0.15) is 29.0 Å². The number of likely N-dealkylation sites (N-methyl/N-ethyl adjacent to an activating group) is 5. The molecule has 7 amide bonds. The Bertz CT molecular complexity index is 6570. The van der Waals surface area contributed by atoms with E-state index >= 15 is 0 Å². The van der Waals surface area contributed by atoms with E-state index < -0.39 is 137 Å². The molecule has 15 N–H and O–H groups in total. The Labute approximate surface area is 822 Å². The molecule has 0 fully saturated rings. The maximum Gasteiger partial charge on any atom is 0.359 e. The van der Waals surface area contributed by atoms with Crippen molar-refractivity contribution in [2.75, 3.05) is 91.3 Å². The molecular formula is C93H123N17O26S5. The average molecular weight is 2060 g/mol. The number of hydrogen-bond acceptors (Lipinski definition) is 30. The van der Waals surface area contributed by atoms with Crippen molar-refractivity contribution in [3.05, 3.63) is 274 Å². The lowest BCUT2D eigenvalue weighted by molar-refractivity contribution is -0.139. The second kappa shape index (κ2) is 56.3. The predicted molar refractivity (Wildman–Crippen MR) is 539 cm³/mol. The number of pyridine rings is 4. The Morgan fingerprint density at radius 3 is 0.901 bits per heavy atom. The van der Waals surface area contributed by atoms with Crippen LogP contribution in [0.3, 0.4) is 0 Å². The van der Waals surface area contributed by atoms with Crippen LogP contribution in [0.1, 0.15) is 158 Å². The molecular weight excluding hydrogens is 1930 g/mol. The van der Waals surface area contributed by atoms with Crippen molar-refractivity contribution in [1.82, 2.24) is 57.4 Å². The van der Waals surface area contributed by atoms with Gasteiger partial charge in [-0.3, -0.25) is 59.9 Å². The third kappa shape index (κ3) is 28.8. The summed E-state index contributed by atoms with van der Waals surface area (Å²) in [6.07, 6.45) is 4.07. The Hall–Kier alpha value is -15.7. The second-order valence-corrected chi connectivity index (χ2v) is 35.8. The number of nitrogens with zero attached hydrogens (tertiary/aromatic N) is 9. The van der Waals surface area contributed by atoms with Crippen molar-refractivity contribution in [1.29, 1.82) is 0 Å². The van der Waals surface area contributed by atoms with Crippen LogP contribution >= 0.6 is 0 Å². The topological polar surface area (TPSA) is 633 Å². The third-order valence-corrected chi connectivity index (χ3v) is 27.3. The van der Waals surface area contributed by atoms with Gasteiger partial charge in [0.2, 0.25) is 0 Å². The third-order valence-electron chi connectivity index (χ3n) is 18.3. The van der Waals surface area contributed by atoms with E-state index in [-0.39, 0.29) is 146 Å². The zero-order valence-electron chi connectivity index (χ0n) is 77.8. The number of carboxylic acid groups (broad SMARTS) is 1. The van der Waals surface area contributed by atoms with Crippen LogP contribution in [0.4, 0.5) is 23.3 Å². The van der Waals surface area contributed by atoms with E-state index in [4.69, 9.17) is 14.6 Å². The number of aromatic nitrogens is 4. The van der Waals surface area contributed by atoms with Gasteiger partial charge in [-0.2, -0.15) is 0 Å². The molecule has 0 radical (unpaired) electrons. The molecule has 5 aliphatic heterocycles. The highest BCUT2D eigenvalue weighted by Gasteiger charge is 2.44. The molecule has 0 spiro atoms. The largest absolute Gasteiger partial charge is 0.505 e. The SMILES string of the molecule is C.C.C.C.CC.CC.CC.CC.CC(=O)O.CCOC(=O)C1=C(O)c2ccccc2S(=O)(=O)N1C.CN.CN1C(C(=O)Nc2ccccn2)=C(O)c2ccccc2S1(=O)=O.CNC(=O)c1ccc(NC(=O)C2=C(O)c3ccccc3S(=O)(=O)N2C)nc1.CNC(=O)c1cccc(NC(=O)C2=C(O)c3ccccc3S(=O)(=O)N2C)n1.CNC(=O)c1ccnc(NC(=O)C2=C(O)c3ccccc3S(=O)(=O)N2C)c1. The molecule has 9 aromatic rings. The fourth-order valence-corrected chi connectivity index (χ4v) is 19.0. The van der Waals surface area contributed by atoms with E-state index in [1.165, 1.54) is 203 Å². The minimum atomic E-state index is -4.00. The monoisotopic (exact) mass is 2050 g/mol. The van der Waals surface area contributed by atoms with Gasteiger partial charge in [-0.1, -0.05) is 158 Å². The molecule has 43 nitrogen and oxygen atoms in total. The van der Waals surface area contributed by atoms with Crippen molar-refractivity contribution in [3.8, 4) is 0 Å². The molecule has 4 aromatic heterocycles. The van der Waals surface area contributed by atoms with Crippen LogP contribution < -0.4 is 43.0 Å². The van der Waals surface area contributed by atoms with Crippen molar-refractivity contribution in [3.63, 3.8) is 0 Å². The molecule has 9 heterocycles. The predicted octanol–water partition coefficient (Wildman–Crippen LogP) is 11.8. The fourth-order valence-electron chi connectivity index (χ4n) is 12.0. The standard InChI is InChI=1S/3C17H16N4O5S.C15H13N3O4S.C12H13NO5S.C2H4O2.4C2H6.CH5N.4CH4/c1-18-16(23)11-7-5-9-13(19-11)20-17(24)14-15(22)10-6-3-4-8-12(10)27(25,26)21(14)2;1-18-16(23)10-7-8-19-13(9-10)20-17(24)14-15(22)11-5-3-4-6-12(11)27(25,26)21(14)2;1-18-16(23)10-7-8-13(19-9-10)20-17(24)14-15(22)11-5-3-4-6-12(11)27(25,26)21(14)2;1-18-13(15(20)17-12-8-4-5-9-16-12)14(19)10-6-2-3-7-11(10)23(18,21)22;1-3-18-12(15)10-11(14)8-6-4-5-7-9(8)19(16,17)13(10)2;1-2(3)4;5*1-2;;;;/h3*3-9,22H,1-2H3,(H,18,23)(H,19,20,24);2-9,19H,1H3,(H,16,17,20);4-7,14H,3H2,1-2H3;1H3,(H,3,4);4*1-2H3;2H2,1H3;4*1H4. The summed E-state index contributed by atoms with van der Waals surface area (Å²) in [5.41, 5.74) is 3.40. The number of esters is 1. The minimum absolute atomic E-state index is 0. The van der Waals surface area contributed by atoms with Gasteiger partial charge in [0.15, 0.2) is 57.3 Å². The molecule has 0 atom stereocenters. The van der Waals surface area contributed by atoms with Crippen LogP contribution in [0, 0.1) is 0 Å². The van der Waals surface area contributed by atoms with Crippen molar-refractivity contribution >= 4 is 155 Å². The number of aliphatic hydroxyl groups is 5. The van der Waals surface area contributed by atoms with Gasteiger partial charge >= 0.3 is 5.97 Å². The van der Waals surface area contributed by atoms with E-state index in [2.05, 4.69) is 62.9 Å². The lowest BCUT2D eigenvalue weighted by Gasteiger charge is -2.28. The van der Waals surface area contributed by atoms with Crippen LogP contribution in [-0.4, -0.2) is 238 Å². The lowest BCUT2D eigenvalue weighted by atomic mass is 10.1. The quantitative estimate of drug-likeness (QED) is 0.0477. The zero-order valence-corrected chi connectivity index (χ0v) is 81.8. The maximum atomic E-state index is 12.7. The first-order valence-corrected chi connectivity index (χ1v) is 48.3. The first kappa shape index (κ1) is 125. The zero-order chi connectivity index (χ0) is 104. The van der Waals surface area contributed by atoms with Crippen molar-refractivity contribution < 1.29 is 121 Å². The number of fused-ring (bicyclic) bond motifs is 5. The maximum absolute atomic E-state index is 12.7. The number of nitrogens with two attached hydrogens (primary N) is 1. The van der Waals surface area contributed by atoms with E-state index in [0.29, 0.717) is 14.2 Å². The van der Waals surface area contributed by atoms with Gasteiger partial charge in [0, 0.05) is 115 Å². The van der Waals surface area contributed by atoms with Crippen molar-refractivity contribution in [2.45, 2.75) is 123 Å². The number of aliphatic hydroxyl groups excluding tert-OH is 5. The molecule has 5 aromatic carbocycles. The molecule has 0 saturated heterocycles. The van der Waals surface area contributed by atoms with Crippen LogP contribution in [0.25, 0.3) is 28.8 Å². The Morgan fingerprint density at radius 1 is 0.333 bits per heavy atom. The fraction of sp³-hybridized carbons (Fsp3) is 0.258. The van der Waals surface area contributed by atoms with E-state index in [1.54, 1.807) is 67.6 Å². The normalized spacial score (nSPS) is 14.0. The Kier molecular flexibility index (Phi) is 50.0. The van der Waals surface area contributed by atoms with Crippen LogP contribution in [-0.2, 0) is 83.6 Å². The van der Waals surface area contributed by atoms with E-state index in [9.17, 15) is 106 Å². The van der Waals surface area contributed by atoms with Gasteiger partial charge in [-0.15, -0.1) is 0 Å². The summed E-state index contributed by atoms with van der Waals surface area (Å²) in [6.45, 7) is 18.8. The molecule has 0 unspecified atom stereocenters. The van der Waals surface area contributed by atoms with Crippen LogP contribution in [0.2, 0.25) is 0 Å². The Balaban J connectivity index is 0.00000168. The number of carbonyl (C=O) groups is 9. The summed E-state index contributed by atoms with van der Waals surface area (Å²) in [5, 5.41) is 76.3. The number of carboxylic acids is 1. The average Bonchev–Trinajstić information content (AvgIpc) is 0.762. The van der Waals surface area contributed by atoms with Gasteiger partial charge in [-0.25, -0.2) is 66.8 Å². The van der Waals surface area contributed by atoms with E-state index in [1.807, 2.05) is 55.4 Å². The second-order valence-electron chi connectivity index (χ2n) is 26.1. The smallest absolute Gasteiger partial charge is 0.359 e. The summed E-state index contributed by atoms with van der Waals surface area (Å²) in [5.74, 6) is -8.01. The number of nitrogens with one attached hydrogen (secondary N) is 7. The molecule has 14 rings (SSSR count). The summed E-state index contributed by atoms with van der Waals surface area (Å²) in [4.78, 5) is 121. The number of ether oxygens (including phenoxy) is 1. The highest BCUT2D eigenvalue weighted by molar-refractivity contribution is 7.90. The summed E-state index contributed by atoms with van der Waals surface area (Å²) in [6, 6.07) is 44.4. The number of amides is 7. The molecule has 141 heavy (non-hydrogen) atoms.